The highest BCUT2D eigenvalue weighted by atomic mass is 16.5. The molecular weight excluding hydrogens is 504 g/mol. The predicted octanol–water partition coefficient (Wildman–Crippen LogP) is 0.214. The summed E-state index contributed by atoms with van der Waals surface area (Å²) >= 11 is 0. The predicted molar refractivity (Wildman–Crippen MR) is 141 cm³/mol. The van der Waals surface area contributed by atoms with E-state index in [0.717, 1.165) is 16.7 Å². The number of benzene rings is 1. The van der Waals surface area contributed by atoms with Crippen LogP contribution in [0.3, 0.4) is 0 Å². The maximum atomic E-state index is 13.7. The fourth-order valence-corrected chi connectivity index (χ4v) is 7.01. The first-order valence-electron chi connectivity index (χ1n) is 13.1. The summed E-state index contributed by atoms with van der Waals surface area (Å²) in [5.74, 6) is -0.723. The van der Waals surface area contributed by atoms with E-state index in [1.165, 1.54) is 14.2 Å². The first-order valence-corrected chi connectivity index (χ1v) is 13.1. The molecule has 6 atom stereocenters. The number of hydrogen-bond acceptors (Lipinski definition) is 10. The van der Waals surface area contributed by atoms with Crippen molar-refractivity contribution in [2.24, 2.45) is 5.73 Å². The summed E-state index contributed by atoms with van der Waals surface area (Å²) in [6.45, 7) is 5.00. The van der Waals surface area contributed by atoms with Gasteiger partial charge in [0.25, 0.3) is 0 Å². The van der Waals surface area contributed by atoms with Crippen LogP contribution in [0.15, 0.2) is 28.5 Å². The summed E-state index contributed by atoms with van der Waals surface area (Å²) < 4.78 is 10.8. The number of aliphatic hydroxyl groups is 1. The van der Waals surface area contributed by atoms with Gasteiger partial charge >= 0.3 is 0 Å². The van der Waals surface area contributed by atoms with Gasteiger partial charge in [0.2, 0.25) is 11.7 Å². The van der Waals surface area contributed by atoms with Gasteiger partial charge in [0.1, 0.15) is 6.23 Å². The Morgan fingerprint density at radius 2 is 1.87 bits per heavy atom. The topological polar surface area (TPSA) is 155 Å². The molecule has 5 N–H and O–H groups in total. The van der Waals surface area contributed by atoms with Gasteiger partial charge in [-0.1, -0.05) is 0 Å². The van der Waals surface area contributed by atoms with Gasteiger partial charge in [-0.15, -0.1) is 0 Å². The van der Waals surface area contributed by atoms with Crippen LogP contribution >= 0.6 is 0 Å². The average molecular weight is 541 g/mol. The molecule has 1 aromatic carbocycles. The molecule has 1 aliphatic carbocycles. The second-order valence-electron chi connectivity index (χ2n) is 10.9. The fourth-order valence-electron chi connectivity index (χ4n) is 7.01. The first-order chi connectivity index (χ1) is 18.4. The van der Waals surface area contributed by atoms with Crippen molar-refractivity contribution in [2.45, 2.75) is 70.0 Å². The number of aromatic hydroxyl groups is 1. The molecule has 1 amide bonds. The lowest BCUT2D eigenvalue weighted by Crippen LogP contribution is -2.71. The number of piperazine rings is 1. The quantitative estimate of drug-likeness (QED) is 0.381. The third kappa shape index (κ3) is 3.90. The molecule has 1 fully saturated rings. The lowest BCUT2D eigenvalue weighted by atomic mass is 9.70. The Morgan fingerprint density at radius 1 is 1.18 bits per heavy atom. The molecule has 3 heterocycles. The van der Waals surface area contributed by atoms with Gasteiger partial charge in [0.15, 0.2) is 23.0 Å². The minimum atomic E-state index is -1.02. The lowest BCUT2D eigenvalue weighted by molar-refractivity contribution is -0.166. The van der Waals surface area contributed by atoms with Crippen LogP contribution in [0.25, 0.3) is 0 Å². The number of allylic oxidation sites excluding steroid dienone is 2. The maximum Gasteiger partial charge on any atom is 0.236 e. The van der Waals surface area contributed by atoms with Gasteiger partial charge in [0, 0.05) is 29.3 Å². The molecule has 0 radical (unpaired) electrons. The van der Waals surface area contributed by atoms with Gasteiger partial charge in [0.05, 0.1) is 38.4 Å². The largest absolute Gasteiger partial charge is 0.504 e. The number of phenolic OH excluding ortho intramolecular Hbond substituents is 1. The fraction of sp³-hybridized carbons (Fsp3) is 0.536. The van der Waals surface area contributed by atoms with Crippen LogP contribution in [-0.4, -0.2) is 95.7 Å². The van der Waals surface area contributed by atoms with E-state index in [9.17, 15) is 24.6 Å². The molecular formula is C28H36N4O7. The Bertz CT molecular complexity index is 1330. The van der Waals surface area contributed by atoms with Crippen LogP contribution in [0, 0.1) is 6.92 Å². The number of nitrogens with zero attached hydrogens (tertiary/aromatic N) is 2. The molecule has 1 aromatic rings. The van der Waals surface area contributed by atoms with E-state index in [1.807, 2.05) is 18.9 Å². The van der Waals surface area contributed by atoms with E-state index in [0.29, 0.717) is 17.7 Å². The van der Waals surface area contributed by atoms with Crippen molar-refractivity contribution in [3.8, 4) is 11.5 Å². The number of methoxy groups -OCH3 is 2. The minimum Gasteiger partial charge on any atom is -0.504 e. The standard InChI is InChI=1S/C28H36N4O7/c1-11-14-7-18-28(37)32-17(22(31(18)4)15(14)9-20(33)25(11)38-5)8-16-21(19(32)10-30-27(36)13(3)29)24(35)26(39-6)12(2)23(16)34/h9,13,17-19,22,28,33,37H,7-8,10,29H2,1-6H3,(H,30,36)/t13-,17-,18-,19-,22-,28+/m0/s1. The molecule has 210 valence electrons. The zero-order valence-electron chi connectivity index (χ0n) is 23.1. The van der Waals surface area contributed by atoms with Crippen LogP contribution in [0.1, 0.15) is 43.0 Å². The molecule has 0 saturated carbocycles. The Hall–Kier alpha value is -3.25. The van der Waals surface area contributed by atoms with Gasteiger partial charge in [-0.3, -0.25) is 24.2 Å². The van der Waals surface area contributed by atoms with E-state index in [4.69, 9.17) is 15.2 Å². The van der Waals surface area contributed by atoms with Gasteiger partial charge in [-0.2, -0.15) is 0 Å². The van der Waals surface area contributed by atoms with Crippen molar-refractivity contribution in [3.63, 3.8) is 0 Å². The van der Waals surface area contributed by atoms with Gasteiger partial charge in [-0.05, 0) is 63.4 Å². The summed E-state index contributed by atoms with van der Waals surface area (Å²) in [6.07, 6.45) is -0.332. The number of fused-ring (bicyclic) bond motifs is 6. The number of ether oxygens (including phenoxy) is 2. The normalized spacial score (nSPS) is 29.5. The van der Waals surface area contributed by atoms with Crippen molar-refractivity contribution >= 4 is 17.5 Å². The van der Waals surface area contributed by atoms with E-state index in [2.05, 4.69) is 10.2 Å². The second-order valence-corrected chi connectivity index (χ2v) is 10.9. The summed E-state index contributed by atoms with van der Waals surface area (Å²) in [5.41, 5.74) is 9.28. The van der Waals surface area contributed by atoms with Crippen molar-refractivity contribution in [1.29, 1.82) is 0 Å². The Kier molecular flexibility index (Phi) is 6.82. The monoisotopic (exact) mass is 540 g/mol. The van der Waals surface area contributed by atoms with E-state index >= 15 is 0 Å². The number of amides is 1. The number of nitrogens with two attached hydrogens (primary N) is 1. The first kappa shape index (κ1) is 27.3. The summed E-state index contributed by atoms with van der Waals surface area (Å²) in [7, 11) is 4.78. The Labute approximate surface area is 227 Å². The smallest absolute Gasteiger partial charge is 0.236 e. The number of hydrogen-bond donors (Lipinski definition) is 4. The SMILES string of the molecule is COC1=C(C)C(=O)C2=C(C1=O)[C@H](CNC(=O)[C@H](C)N)N1[C@H](O)[C@@H]3Cc4c(cc(O)c(OC)c4C)[C@@H]([C@@H]1C2)N3C. The molecule has 1 saturated heterocycles. The zero-order chi connectivity index (χ0) is 28.5. The molecule has 4 aliphatic rings. The van der Waals surface area contributed by atoms with Crippen molar-refractivity contribution in [2.75, 3.05) is 27.8 Å². The third-order valence-corrected chi connectivity index (χ3v) is 8.89. The van der Waals surface area contributed by atoms with Crippen molar-refractivity contribution in [3.05, 3.63) is 45.2 Å². The summed E-state index contributed by atoms with van der Waals surface area (Å²) in [6, 6.07) is -0.963. The average Bonchev–Trinajstić information content (AvgIpc) is 2.88. The number of Topliss-reactive ketones (excluding diaryl/α,β-unsaturated/α-hetero) is 2. The molecule has 11 heteroatoms. The van der Waals surface area contributed by atoms with Gasteiger partial charge < -0.3 is 30.7 Å². The van der Waals surface area contributed by atoms with Crippen molar-refractivity contribution < 1.29 is 34.1 Å². The molecule has 0 unspecified atom stereocenters. The van der Waals surface area contributed by atoms with E-state index < -0.39 is 36.0 Å². The number of carbonyl (C=O) groups is 3. The molecule has 5 rings (SSSR count). The van der Waals surface area contributed by atoms with E-state index in [1.54, 1.807) is 19.9 Å². The highest BCUT2D eigenvalue weighted by Gasteiger charge is 2.57. The zero-order valence-corrected chi connectivity index (χ0v) is 23.1. The van der Waals surface area contributed by atoms with Crippen LogP contribution in [0.2, 0.25) is 0 Å². The molecule has 11 nitrogen and oxygen atoms in total. The highest BCUT2D eigenvalue weighted by molar-refractivity contribution is 6.25. The second kappa shape index (κ2) is 9.74. The number of likely N-dealkylation sites (N-methyl/N-ethyl adjacent to an activating group) is 1. The molecule has 39 heavy (non-hydrogen) atoms. The van der Waals surface area contributed by atoms with E-state index in [-0.39, 0.29) is 53.5 Å². The lowest BCUT2D eigenvalue weighted by Gasteiger charge is -2.60. The molecule has 3 aliphatic heterocycles. The highest BCUT2D eigenvalue weighted by Crippen LogP contribution is 2.51. The van der Waals surface area contributed by atoms with Crippen LogP contribution in [0.5, 0.6) is 11.5 Å². The maximum absolute atomic E-state index is 13.7. The number of phenols is 1. The van der Waals surface area contributed by atoms with Crippen LogP contribution < -0.4 is 15.8 Å². The number of nitrogens with one attached hydrogen (secondary N) is 1. The molecule has 0 aromatic heterocycles. The number of ketones is 2. The molecule has 2 bridgehead atoms. The number of aliphatic hydroxyl groups excluding tert-OH is 1. The summed E-state index contributed by atoms with van der Waals surface area (Å²) in [4.78, 5) is 43.7. The summed E-state index contributed by atoms with van der Waals surface area (Å²) in [5, 5.41) is 25.4. The van der Waals surface area contributed by atoms with Crippen LogP contribution in [0.4, 0.5) is 0 Å². The molecule has 0 spiro atoms. The Balaban J connectivity index is 1.68. The minimum absolute atomic E-state index is 0.0159. The van der Waals surface area contributed by atoms with Gasteiger partial charge in [-0.25, -0.2) is 0 Å². The number of rotatable bonds is 5. The number of carbonyl (C=O) groups excluding carboxylic acids is 3. The van der Waals surface area contributed by atoms with Crippen molar-refractivity contribution in [1.82, 2.24) is 15.1 Å². The van der Waals surface area contributed by atoms with Crippen LogP contribution in [-0.2, 0) is 25.5 Å². The third-order valence-electron chi connectivity index (χ3n) is 8.89. The Morgan fingerprint density at radius 3 is 2.49 bits per heavy atom.